The van der Waals surface area contributed by atoms with Crippen LogP contribution >= 0.6 is 0 Å². The quantitative estimate of drug-likeness (QED) is 0.823. The molecular weight excluding hydrogens is 240 g/mol. The summed E-state index contributed by atoms with van der Waals surface area (Å²) in [5.41, 5.74) is 7.60. The molecule has 1 aromatic heterocycles. The standard InChI is InChI=1S/C15H22N2O2/c1-10-7-12(9-15(3,4)8-10)16-17-14(18)13-5-6-19-11(13)2/h5-6,9-10,16H,7-8H2,1-4H3,(H,17,18)/t10-/m1/s1. The molecule has 0 spiro atoms. The number of hydrazine groups is 1. The number of aryl methyl sites for hydroxylation is 1. The zero-order valence-corrected chi connectivity index (χ0v) is 12.0. The van der Waals surface area contributed by atoms with Crippen molar-refractivity contribution in [2.75, 3.05) is 0 Å². The third kappa shape index (κ3) is 3.40. The molecule has 1 aliphatic carbocycles. The first-order valence-electron chi connectivity index (χ1n) is 6.69. The summed E-state index contributed by atoms with van der Waals surface area (Å²) in [7, 11) is 0. The van der Waals surface area contributed by atoms with Crippen molar-refractivity contribution in [3.05, 3.63) is 35.4 Å². The van der Waals surface area contributed by atoms with Crippen LogP contribution in [0.5, 0.6) is 0 Å². The van der Waals surface area contributed by atoms with Gasteiger partial charge in [-0.15, -0.1) is 0 Å². The zero-order chi connectivity index (χ0) is 14.0. The number of hydrogen-bond donors (Lipinski definition) is 2. The number of carbonyl (C=O) groups excluding carboxylic acids is 1. The minimum Gasteiger partial charge on any atom is -0.469 e. The Morgan fingerprint density at radius 3 is 2.79 bits per heavy atom. The van der Waals surface area contributed by atoms with Gasteiger partial charge in [-0.3, -0.25) is 10.2 Å². The molecule has 0 bridgehead atoms. The summed E-state index contributed by atoms with van der Waals surface area (Å²) in [5.74, 6) is 1.09. The molecule has 1 heterocycles. The second kappa shape index (κ2) is 5.11. The van der Waals surface area contributed by atoms with Gasteiger partial charge in [-0.05, 0) is 37.2 Å². The second-order valence-electron chi connectivity index (χ2n) is 6.14. The average Bonchev–Trinajstić information content (AvgIpc) is 2.69. The summed E-state index contributed by atoms with van der Waals surface area (Å²) < 4.78 is 5.12. The molecule has 0 radical (unpaired) electrons. The first-order valence-corrected chi connectivity index (χ1v) is 6.69. The summed E-state index contributed by atoms with van der Waals surface area (Å²) in [4.78, 5) is 12.0. The maximum atomic E-state index is 12.0. The van der Waals surface area contributed by atoms with Gasteiger partial charge in [0.15, 0.2) is 0 Å². The fourth-order valence-corrected chi connectivity index (χ4v) is 2.85. The topological polar surface area (TPSA) is 54.3 Å². The Labute approximate surface area is 114 Å². The van der Waals surface area contributed by atoms with Crippen LogP contribution in [0.2, 0.25) is 0 Å². The van der Waals surface area contributed by atoms with E-state index >= 15 is 0 Å². The summed E-state index contributed by atoms with van der Waals surface area (Å²) in [6.07, 6.45) is 5.87. The van der Waals surface area contributed by atoms with E-state index in [2.05, 4.69) is 37.7 Å². The van der Waals surface area contributed by atoms with Crippen LogP contribution in [0.3, 0.4) is 0 Å². The molecule has 104 valence electrons. The Hall–Kier alpha value is -1.71. The van der Waals surface area contributed by atoms with E-state index in [9.17, 15) is 4.79 Å². The first-order chi connectivity index (χ1) is 8.87. The van der Waals surface area contributed by atoms with Crippen molar-refractivity contribution in [2.45, 2.75) is 40.5 Å². The predicted octanol–water partition coefficient (Wildman–Crippen LogP) is 3.16. The van der Waals surface area contributed by atoms with Gasteiger partial charge in [-0.1, -0.05) is 26.8 Å². The SMILES string of the molecule is Cc1occc1C(=O)NNC1=CC(C)(C)C[C@H](C)C1. The number of furan rings is 1. The summed E-state index contributed by atoms with van der Waals surface area (Å²) >= 11 is 0. The van der Waals surface area contributed by atoms with Crippen molar-refractivity contribution in [3.8, 4) is 0 Å². The Bertz CT molecular complexity index is 500. The van der Waals surface area contributed by atoms with E-state index in [4.69, 9.17) is 4.42 Å². The Kier molecular flexibility index (Phi) is 3.69. The summed E-state index contributed by atoms with van der Waals surface area (Å²) in [5, 5.41) is 0. The number of rotatable bonds is 3. The zero-order valence-electron chi connectivity index (χ0n) is 12.0. The van der Waals surface area contributed by atoms with Crippen LogP contribution in [0.4, 0.5) is 0 Å². The Morgan fingerprint density at radius 2 is 2.21 bits per heavy atom. The van der Waals surface area contributed by atoms with E-state index in [-0.39, 0.29) is 11.3 Å². The van der Waals surface area contributed by atoms with Crippen molar-refractivity contribution >= 4 is 5.91 Å². The maximum absolute atomic E-state index is 12.0. The molecule has 0 fully saturated rings. The number of amides is 1. The number of hydrogen-bond acceptors (Lipinski definition) is 3. The molecule has 1 aliphatic rings. The minimum atomic E-state index is -0.164. The first kappa shape index (κ1) is 13.7. The largest absolute Gasteiger partial charge is 0.469 e. The lowest BCUT2D eigenvalue weighted by molar-refractivity contribution is 0.0935. The molecule has 1 atom stereocenters. The fourth-order valence-electron chi connectivity index (χ4n) is 2.85. The third-order valence-corrected chi connectivity index (χ3v) is 3.45. The van der Waals surface area contributed by atoms with Gasteiger partial charge in [-0.25, -0.2) is 0 Å². The summed E-state index contributed by atoms with van der Waals surface area (Å²) in [6.45, 7) is 8.44. The molecule has 0 aromatic carbocycles. The van der Waals surface area contributed by atoms with Crippen LogP contribution in [-0.2, 0) is 0 Å². The maximum Gasteiger partial charge on any atom is 0.273 e. The highest BCUT2D eigenvalue weighted by Crippen LogP contribution is 2.35. The van der Waals surface area contributed by atoms with E-state index in [1.807, 2.05) is 0 Å². The van der Waals surface area contributed by atoms with Gasteiger partial charge >= 0.3 is 0 Å². The van der Waals surface area contributed by atoms with E-state index in [0.29, 0.717) is 17.2 Å². The third-order valence-electron chi connectivity index (χ3n) is 3.45. The fraction of sp³-hybridized carbons (Fsp3) is 0.533. The minimum absolute atomic E-state index is 0.164. The van der Waals surface area contributed by atoms with Gasteiger partial charge in [-0.2, -0.15) is 0 Å². The van der Waals surface area contributed by atoms with Crippen molar-refractivity contribution in [1.82, 2.24) is 10.9 Å². The molecule has 1 amide bonds. The molecular formula is C15H22N2O2. The number of nitrogens with one attached hydrogen (secondary N) is 2. The average molecular weight is 262 g/mol. The lowest BCUT2D eigenvalue weighted by atomic mass is 9.76. The highest BCUT2D eigenvalue weighted by atomic mass is 16.3. The second-order valence-corrected chi connectivity index (χ2v) is 6.14. The molecule has 19 heavy (non-hydrogen) atoms. The molecule has 4 nitrogen and oxygen atoms in total. The van der Waals surface area contributed by atoms with Crippen molar-refractivity contribution in [1.29, 1.82) is 0 Å². The molecule has 1 aromatic rings. The van der Waals surface area contributed by atoms with Crippen molar-refractivity contribution < 1.29 is 9.21 Å². The van der Waals surface area contributed by atoms with E-state index in [1.54, 1.807) is 13.0 Å². The van der Waals surface area contributed by atoms with E-state index < -0.39 is 0 Å². The highest BCUT2D eigenvalue weighted by Gasteiger charge is 2.25. The van der Waals surface area contributed by atoms with Crippen LogP contribution in [-0.4, -0.2) is 5.91 Å². The molecule has 0 unspecified atom stereocenters. The van der Waals surface area contributed by atoms with Gasteiger partial charge < -0.3 is 9.84 Å². The number of carbonyl (C=O) groups is 1. The Balaban J connectivity index is 1.98. The van der Waals surface area contributed by atoms with Gasteiger partial charge in [0.1, 0.15) is 5.76 Å². The molecule has 2 N–H and O–H groups in total. The van der Waals surface area contributed by atoms with Gasteiger partial charge in [0.25, 0.3) is 5.91 Å². The van der Waals surface area contributed by atoms with Crippen LogP contribution < -0.4 is 10.9 Å². The van der Waals surface area contributed by atoms with Crippen LogP contribution in [0.1, 0.15) is 49.7 Å². The monoisotopic (exact) mass is 262 g/mol. The number of allylic oxidation sites excluding steroid dienone is 2. The van der Waals surface area contributed by atoms with Gasteiger partial charge in [0, 0.05) is 5.70 Å². The highest BCUT2D eigenvalue weighted by molar-refractivity contribution is 5.94. The normalized spacial score (nSPS) is 21.7. The van der Waals surface area contributed by atoms with Gasteiger partial charge in [0.05, 0.1) is 11.8 Å². The summed E-state index contributed by atoms with van der Waals surface area (Å²) in [6, 6.07) is 1.67. The lowest BCUT2D eigenvalue weighted by Gasteiger charge is -2.32. The Morgan fingerprint density at radius 1 is 1.47 bits per heavy atom. The predicted molar refractivity (Wildman–Crippen MR) is 74.3 cm³/mol. The van der Waals surface area contributed by atoms with Crippen LogP contribution in [0, 0.1) is 18.3 Å². The molecule has 2 rings (SSSR count). The molecule has 0 saturated carbocycles. The molecule has 0 saturated heterocycles. The van der Waals surface area contributed by atoms with E-state index in [0.717, 1.165) is 12.1 Å². The smallest absolute Gasteiger partial charge is 0.273 e. The van der Waals surface area contributed by atoms with Crippen molar-refractivity contribution in [3.63, 3.8) is 0 Å². The van der Waals surface area contributed by atoms with Crippen LogP contribution in [0.25, 0.3) is 0 Å². The van der Waals surface area contributed by atoms with Crippen LogP contribution in [0.15, 0.2) is 28.5 Å². The van der Waals surface area contributed by atoms with Crippen molar-refractivity contribution in [2.24, 2.45) is 11.3 Å². The molecule has 0 aliphatic heterocycles. The van der Waals surface area contributed by atoms with Gasteiger partial charge in [0.2, 0.25) is 0 Å². The molecule has 4 heteroatoms. The van der Waals surface area contributed by atoms with E-state index in [1.165, 1.54) is 12.7 Å². The lowest BCUT2D eigenvalue weighted by Crippen LogP contribution is -2.39.